The number of aliphatic carboxylic acids is 1. The van der Waals surface area contributed by atoms with Gasteiger partial charge in [0.15, 0.2) is 0 Å². The van der Waals surface area contributed by atoms with E-state index < -0.39 is 39.9 Å². The third-order valence-corrected chi connectivity index (χ3v) is 3.60. The number of carbonyl (C=O) groups excluding carboxylic acids is 1. The van der Waals surface area contributed by atoms with Gasteiger partial charge in [-0.3, -0.25) is 9.59 Å². The normalized spacial score (nSPS) is 16.5. The molecule has 3 N–H and O–H groups in total. The molecule has 0 aliphatic rings. The molecule has 0 aliphatic heterocycles. The zero-order chi connectivity index (χ0) is 16.1. The molecule has 0 fully saturated rings. The summed E-state index contributed by atoms with van der Waals surface area (Å²) in [4.78, 5) is 22.9. The van der Waals surface area contributed by atoms with Crippen molar-refractivity contribution >= 4 is 21.9 Å². The molecule has 0 bridgehead atoms. The summed E-state index contributed by atoms with van der Waals surface area (Å²) in [6.07, 6.45) is 1.32. The molecule has 0 aliphatic carbocycles. The minimum atomic E-state index is -3.51. The Morgan fingerprint density at radius 3 is 2.00 bits per heavy atom. The van der Waals surface area contributed by atoms with Gasteiger partial charge >= 0.3 is 5.97 Å². The standard InChI is InChI=1S/C12H24N2O5S/c1-7(2)6-10(14-20(5,18)19)11(15)13-9(4)8(3)12(16)17/h7-10,14H,6H2,1-5H3,(H,13,15)(H,16,17). The van der Waals surface area contributed by atoms with E-state index in [1.165, 1.54) is 6.92 Å². The molecule has 0 saturated carbocycles. The van der Waals surface area contributed by atoms with Gasteiger partial charge < -0.3 is 10.4 Å². The zero-order valence-corrected chi connectivity index (χ0v) is 13.3. The van der Waals surface area contributed by atoms with Crippen LogP contribution in [0, 0.1) is 11.8 Å². The van der Waals surface area contributed by atoms with Crippen LogP contribution in [0.3, 0.4) is 0 Å². The molecule has 20 heavy (non-hydrogen) atoms. The van der Waals surface area contributed by atoms with E-state index >= 15 is 0 Å². The lowest BCUT2D eigenvalue weighted by atomic mass is 10.0. The lowest BCUT2D eigenvalue weighted by Crippen LogP contribution is -2.51. The van der Waals surface area contributed by atoms with Crippen LogP contribution in [0.1, 0.15) is 34.1 Å². The largest absolute Gasteiger partial charge is 0.481 e. The second-order valence-corrected chi connectivity index (χ2v) is 7.28. The lowest BCUT2D eigenvalue weighted by Gasteiger charge is -2.23. The molecule has 0 heterocycles. The molecule has 0 radical (unpaired) electrons. The number of sulfonamides is 1. The number of hydrogen-bond donors (Lipinski definition) is 3. The molecular weight excluding hydrogens is 284 g/mol. The molecule has 3 atom stereocenters. The van der Waals surface area contributed by atoms with Gasteiger partial charge in [-0.2, -0.15) is 0 Å². The van der Waals surface area contributed by atoms with Gasteiger partial charge in [0, 0.05) is 6.04 Å². The van der Waals surface area contributed by atoms with E-state index in [2.05, 4.69) is 10.0 Å². The summed E-state index contributed by atoms with van der Waals surface area (Å²) in [5.74, 6) is -2.16. The summed E-state index contributed by atoms with van der Waals surface area (Å²) in [5, 5.41) is 11.4. The van der Waals surface area contributed by atoms with Crippen LogP contribution in [0.5, 0.6) is 0 Å². The Kier molecular flexibility index (Phi) is 7.15. The van der Waals surface area contributed by atoms with E-state index in [1.807, 2.05) is 13.8 Å². The highest BCUT2D eigenvalue weighted by atomic mass is 32.2. The summed E-state index contributed by atoms with van der Waals surface area (Å²) in [5.41, 5.74) is 0. The average molecular weight is 308 g/mol. The summed E-state index contributed by atoms with van der Waals surface area (Å²) in [6.45, 7) is 6.79. The molecule has 7 nitrogen and oxygen atoms in total. The zero-order valence-electron chi connectivity index (χ0n) is 12.5. The molecule has 1 amide bonds. The van der Waals surface area contributed by atoms with Gasteiger partial charge in [-0.1, -0.05) is 13.8 Å². The van der Waals surface area contributed by atoms with Gasteiger partial charge in [0.05, 0.1) is 12.2 Å². The number of carboxylic acid groups (broad SMARTS) is 1. The summed E-state index contributed by atoms with van der Waals surface area (Å²) in [6, 6.07) is -1.48. The Morgan fingerprint density at radius 2 is 1.65 bits per heavy atom. The van der Waals surface area contributed by atoms with E-state index in [0.29, 0.717) is 6.42 Å². The van der Waals surface area contributed by atoms with Crippen molar-refractivity contribution in [2.24, 2.45) is 11.8 Å². The average Bonchev–Trinajstić information content (AvgIpc) is 2.24. The minimum Gasteiger partial charge on any atom is -0.481 e. The van der Waals surface area contributed by atoms with E-state index in [4.69, 9.17) is 5.11 Å². The number of amides is 1. The smallest absolute Gasteiger partial charge is 0.308 e. The quantitative estimate of drug-likeness (QED) is 0.592. The highest BCUT2D eigenvalue weighted by Gasteiger charge is 2.27. The van der Waals surface area contributed by atoms with Crippen LogP contribution in [0.4, 0.5) is 0 Å². The van der Waals surface area contributed by atoms with E-state index in [9.17, 15) is 18.0 Å². The molecule has 0 rings (SSSR count). The van der Waals surface area contributed by atoms with Crippen molar-refractivity contribution in [2.45, 2.75) is 46.2 Å². The fraction of sp³-hybridized carbons (Fsp3) is 0.833. The second kappa shape index (κ2) is 7.58. The van der Waals surface area contributed by atoms with Crippen LogP contribution in [0.2, 0.25) is 0 Å². The fourth-order valence-electron chi connectivity index (χ4n) is 1.60. The topological polar surface area (TPSA) is 113 Å². The van der Waals surface area contributed by atoms with Gasteiger partial charge in [0.2, 0.25) is 15.9 Å². The first-order valence-corrected chi connectivity index (χ1v) is 8.33. The Balaban J connectivity index is 4.83. The van der Waals surface area contributed by atoms with Crippen LogP contribution in [0.25, 0.3) is 0 Å². The van der Waals surface area contributed by atoms with Crippen LogP contribution < -0.4 is 10.0 Å². The van der Waals surface area contributed by atoms with Gasteiger partial charge in [-0.05, 0) is 26.2 Å². The van der Waals surface area contributed by atoms with Crippen LogP contribution in [-0.2, 0) is 19.6 Å². The van der Waals surface area contributed by atoms with Gasteiger partial charge in [-0.15, -0.1) is 0 Å². The lowest BCUT2D eigenvalue weighted by molar-refractivity contribution is -0.142. The van der Waals surface area contributed by atoms with Crippen LogP contribution >= 0.6 is 0 Å². The maximum Gasteiger partial charge on any atom is 0.308 e. The SMILES string of the molecule is CC(C)CC(NS(C)(=O)=O)C(=O)NC(C)C(C)C(=O)O. The summed E-state index contributed by atoms with van der Waals surface area (Å²) >= 11 is 0. The maximum atomic E-state index is 12.1. The fourth-order valence-corrected chi connectivity index (χ4v) is 2.32. The third-order valence-electron chi connectivity index (χ3n) is 2.89. The van der Waals surface area contributed by atoms with Crippen molar-refractivity contribution in [3.63, 3.8) is 0 Å². The van der Waals surface area contributed by atoms with Crippen LogP contribution in [-0.4, -0.2) is 43.7 Å². The number of carbonyl (C=O) groups is 2. The van der Waals surface area contributed by atoms with Crippen molar-refractivity contribution in [2.75, 3.05) is 6.26 Å². The highest BCUT2D eigenvalue weighted by Crippen LogP contribution is 2.08. The minimum absolute atomic E-state index is 0.118. The molecule has 0 aromatic carbocycles. The second-order valence-electron chi connectivity index (χ2n) is 5.50. The molecule has 118 valence electrons. The van der Waals surface area contributed by atoms with Gasteiger partial charge in [-0.25, -0.2) is 13.1 Å². The Morgan fingerprint density at radius 1 is 1.15 bits per heavy atom. The number of carboxylic acids is 1. The number of nitrogens with one attached hydrogen (secondary N) is 2. The highest BCUT2D eigenvalue weighted by molar-refractivity contribution is 7.88. The number of rotatable bonds is 8. The van der Waals surface area contributed by atoms with Crippen molar-refractivity contribution in [1.29, 1.82) is 0 Å². The van der Waals surface area contributed by atoms with E-state index in [1.54, 1.807) is 6.92 Å². The van der Waals surface area contributed by atoms with E-state index in [-0.39, 0.29) is 5.92 Å². The predicted molar refractivity (Wildman–Crippen MR) is 75.6 cm³/mol. The van der Waals surface area contributed by atoms with Gasteiger partial charge in [0.25, 0.3) is 0 Å². The Bertz CT molecular complexity index is 447. The first kappa shape index (κ1) is 18.9. The first-order valence-electron chi connectivity index (χ1n) is 6.44. The molecule has 3 unspecified atom stereocenters. The van der Waals surface area contributed by atoms with Crippen molar-refractivity contribution in [1.82, 2.24) is 10.0 Å². The van der Waals surface area contributed by atoms with Crippen molar-refractivity contribution in [3.8, 4) is 0 Å². The third kappa shape index (κ3) is 7.44. The summed E-state index contributed by atoms with van der Waals surface area (Å²) < 4.78 is 24.8. The summed E-state index contributed by atoms with van der Waals surface area (Å²) in [7, 11) is -3.51. The monoisotopic (exact) mass is 308 g/mol. The van der Waals surface area contributed by atoms with Gasteiger partial charge in [0.1, 0.15) is 6.04 Å². The maximum absolute atomic E-state index is 12.1. The van der Waals surface area contributed by atoms with E-state index in [0.717, 1.165) is 6.26 Å². The van der Waals surface area contributed by atoms with Crippen molar-refractivity contribution in [3.05, 3.63) is 0 Å². The Hall–Kier alpha value is -1.15. The molecule has 0 aromatic rings. The molecule has 0 saturated heterocycles. The predicted octanol–water partition coefficient (Wildman–Crippen LogP) is 0.176. The molecule has 0 aromatic heterocycles. The van der Waals surface area contributed by atoms with Crippen LogP contribution in [0.15, 0.2) is 0 Å². The molecule has 8 heteroatoms. The molecular formula is C12H24N2O5S. The Labute approximate surface area is 120 Å². The van der Waals surface area contributed by atoms with Crippen molar-refractivity contribution < 1.29 is 23.1 Å². The molecule has 0 spiro atoms. The first-order chi connectivity index (χ1) is 8.94. The number of hydrogen-bond acceptors (Lipinski definition) is 4.